The molecule has 0 bridgehead atoms. The van der Waals surface area contributed by atoms with Gasteiger partial charge in [-0.25, -0.2) is 4.79 Å². The zero-order valence-electron chi connectivity index (χ0n) is 23.8. The Hall–Kier alpha value is -4.25. The van der Waals surface area contributed by atoms with Crippen molar-refractivity contribution in [1.82, 2.24) is 9.88 Å². The SMILES string of the molecule is COc1cc(C(=O)c2cccc(NC(=O)[C@@H]3CSC(c4cccnc4)N3C(=O)OC(C)(C)C)c2)cc(OC)c1OC. The number of ether oxygens (including phenoxy) is 4. The van der Waals surface area contributed by atoms with Gasteiger partial charge in [0.1, 0.15) is 17.0 Å². The van der Waals surface area contributed by atoms with Crippen LogP contribution in [0.5, 0.6) is 17.2 Å². The third-order valence-corrected chi connectivity index (χ3v) is 7.52. The van der Waals surface area contributed by atoms with E-state index in [0.29, 0.717) is 39.8 Å². The second-order valence-corrected chi connectivity index (χ2v) is 11.3. The van der Waals surface area contributed by atoms with Crippen molar-refractivity contribution in [1.29, 1.82) is 0 Å². The highest BCUT2D eigenvalue weighted by Gasteiger charge is 2.44. The maximum Gasteiger partial charge on any atom is 0.412 e. The number of benzene rings is 2. The smallest absolute Gasteiger partial charge is 0.412 e. The predicted molar refractivity (Wildman–Crippen MR) is 156 cm³/mol. The third-order valence-electron chi connectivity index (χ3n) is 6.20. The highest BCUT2D eigenvalue weighted by molar-refractivity contribution is 7.99. The van der Waals surface area contributed by atoms with Gasteiger partial charge in [0.15, 0.2) is 17.3 Å². The molecule has 1 fully saturated rings. The number of hydrogen-bond acceptors (Lipinski definition) is 9. The number of methoxy groups -OCH3 is 3. The number of carbonyl (C=O) groups is 3. The first-order chi connectivity index (χ1) is 19.6. The number of ketones is 1. The Kier molecular flexibility index (Phi) is 9.07. The Bertz CT molecular complexity index is 1400. The maximum absolute atomic E-state index is 13.5. The Morgan fingerprint density at radius 1 is 0.951 bits per heavy atom. The lowest BCUT2D eigenvalue weighted by Gasteiger charge is -2.31. The van der Waals surface area contributed by atoms with Crippen LogP contribution in [0.15, 0.2) is 60.9 Å². The molecule has 2 atom stereocenters. The first-order valence-electron chi connectivity index (χ1n) is 12.8. The largest absolute Gasteiger partial charge is 0.493 e. The number of nitrogens with zero attached hydrogens (tertiary/aromatic N) is 2. The second kappa shape index (κ2) is 12.5. The minimum absolute atomic E-state index is 0.302. The molecular weight excluding hydrogens is 546 g/mol. The van der Waals surface area contributed by atoms with Gasteiger partial charge in [-0.05, 0) is 51.1 Å². The van der Waals surface area contributed by atoms with Gasteiger partial charge in [0.25, 0.3) is 0 Å². The summed E-state index contributed by atoms with van der Waals surface area (Å²) in [5, 5.41) is 2.43. The molecule has 0 radical (unpaired) electrons. The number of hydrogen-bond donors (Lipinski definition) is 1. The van der Waals surface area contributed by atoms with Gasteiger partial charge in [-0.3, -0.25) is 19.5 Å². The summed E-state index contributed by atoms with van der Waals surface area (Å²) in [5.41, 5.74) is 1.12. The van der Waals surface area contributed by atoms with Crippen molar-refractivity contribution < 1.29 is 33.3 Å². The van der Waals surface area contributed by atoms with Crippen molar-refractivity contribution >= 4 is 35.2 Å². The number of amides is 2. The zero-order valence-corrected chi connectivity index (χ0v) is 24.6. The van der Waals surface area contributed by atoms with Crippen LogP contribution in [0.25, 0.3) is 0 Å². The van der Waals surface area contributed by atoms with Crippen LogP contribution in [0.3, 0.4) is 0 Å². The first kappa shape index (κ1) is 29.7. The molecule has 1 aliphatic rings. The molecule has 1 aromatic heterocycles. The molecule has 0 saturated carbocycles. The lowest BCUT2D eigenvalue weighted by atomic mass is 10.0. The number of carbonyl (C=O) groups excluding carboxylic acids is 3. The molecular formula is C30H33N3O7S. The van der Waals surface area contributed by atoms with Gasteiger partial charge >= 0.3 is 6.09 Å². The molecule has 1 saturated heterocycles. The minimum Gasteiger partial charge on any atom is -0.493 e. The van der Waals surface area contributed by atoms with Crippen LogP contribution in [0.4, 0.5) is 10.5 Å². The molecule has 1 aliphatic heterocycles. The number of rotatable bonds is 8. The molecule has 2 heterocycles. The van der Waals surface area contributed by atoms with Gasteiger partial charge in [-0.1, -0.05) is 18.2 Å². The van der Waals surface area contributed by atoms with Crippen LogP contribution in [0.1, 0.15) is 47.6 Å². The Morgan fingerprint density at radius 2 is 1.66 bits per heavy atom. The molecule has 11 heteroatoms. The van der Waals surface area contributed by atoms with E-state index in [1.54, 1.807) is 75.6 Å². The average Bonchev–Trinajstić information content (AvgIpc) is 3.41. The molecule has 10 nitrogen and oxygen atoms in total. The highest BCUT2D eigenvalue weighted by atomic mass is 32.2. The van der Waals surface area contributed by atoms with Crippen LogP contribution >= 0.6 is 11.8 Å². The fourth-order valence-electron chi connectivity index (χ4n) is 4.37. The molecule has 0 aliphatic carbocycles. The van der Waals surface area contributed by atoms with Crippen molar-refractivity contribution in [3.8, 4) is 17.2 Å². The van der Waals surface area contributed by atoms with E-state index in [-0.39, 0.29) is 5.78 Å². The van der Waals surface area contributed by atoms with Gasteiger partial charge in [0.05, 0.1) is 21.3 Å². The third kappa shape index (κ3) is 6.74. The number of pyridine rings is 1. The maximum atomic E-state index is 13.5. The normalized spacial score (nSPS) is 16.6. The summed E-state index contributed by atoms with van der Waals surface area (Å²) < 4.78 is 21.8. The average molecular weight is 580 g/mol. The molecule has 4 rings (SSSR count). The molecule has 3 aromatic rings. The van der Waals surface area contributed by atoms with Crippen LogP contribution in [0, 0.1) is 0 Å². The number of aromatic nitrogens is 1. The van der Waals surface area contributed by atoms with Crippen LogP contribution in [-0.2, 0) is 9.53 Å². The van der Waals surface area contributed by atoms with Crippen molar-refractivity contribution in [2.45, 2.75) is 37.8 Å². The van der Waals surface area contributed by atoms with E-state index in [1.807, 2.05) is 6.07 Å². The van der Waals surface area contributed by atoms with Gasteiger partial charge in [0.2, 0.25) is 11.7 Å². The summed E-state index contributed by atoms with van der Waals surface area (Å²) in [6.07, 6.45) is 2.73. The topological polar surface area (TPSA) is 116 Å². The highest BCUT2D eigenvalue weighted by Crippen LogP contribution is 2.42. The number of anilines is 1. The van der Waals surface area contributed by atoms with Crippen LogP contribution in [0.2, 0.25) is 0 Å². The lowest BCUT2D eigenvalue weighted by Crippen LogP contribution is -2.47. The van der Waals surface area contributed by atoms with Crippen molar-refractivity contribution in [2.75, 3.05) is 32.4 Å². The Morgan fingerprint density at radius 3 is 2.24 bits per heavy atom. The summed E-state index contributed by atoms with van der Waals surface area (Å²) >= 11 is 1.46. The van der Waals surface area contributed by atoms with E-state index in [9.17, 15) is 14.4 Å². The monoisotopic (exact) mass is 579 g/mol. The van der Waals surface area contributed by atoms with Crippen molar-refractivity contribution in [3.05, 3.63) is 77.6 Å². The molecule has 2 aromatic carbocycles. The van der Waals surface area contributed by atoms with E-state index in [0.717, 1.165) is 5.56 Å². The fraction of sp³-hybridized carbons (Fsp3) is 0.333. The van der Waals surface area contributed by atoms with Gasteiger partial charge in [0, 0.05) is 40.5 Å². The van der Waals surface area contributed by atoms with Gasteiger partial charge in [-0.2, -0.15) is 0 Å². The van der Waals surface area contributed by atoms with Crippen LogP contribution < -0.4 is 19.5 Å². The molecule has 216 valence electrons. The zero-order chi connectivity index (χ0) is 29.7. The molecule has 41 heavy (non-hydrogen) atoms. The lowest BCUT2D eigenvalue weighted by molar-refractivity contribution is -0.120. The molecule has 0 spiro atoms. The summed E-state index contributed by atoms with van der Waals surface area (Å²) in [6, 6.07) is 12.6. The first-order valence-corrected chi connectivity index (χ1v) is 13.9. The summed E-state index contributed by atoms with van der Waals surface area (Å²) in [5.74, 6) is 0.735. The van der Waals surface area contributed by atoms with E-state index in [1.165, 1.54) is 38.0 Å². The minimum atomic E-state index is -0.811. The Labute approximate surface area is 243 Å². The molecule has 1 N–H and O–H groups in total. The van der Waals surface area contributed by atoms with E-state index in [4.69, 9.17) is 18.9 Å². The van der Waals surface area contributed by atoms with E-state index in [2.05, 4.69) is 10.3 Å². The Balaban J connectivity index is 1.58. The second-order valence-electron chi connectivity index (χ2n) is 10.2. The predicted octanol–water partition coefficient (Wildman–Crippen LogP) is 5.33. The number of nitrogens with one attached hydrogen (secondary N) is 1. The summed E-state index contributed by atoms with van der Waals surface area (Å²) in [4.78, 5) is 45.8. The van der Waals surface area contributed by atoms with Gasteiger partial charge in [-0.15, -0.1) is 11.8 Å². The van der Waals surface area contributed by atoms with E-state index < -0.39 is 29.0 Å². The summed E-state index contributed by atoms with van der Waals surface area (Å²) in [7, 11) is 4.44. The van der Waals surface area contributed by atoms with Crippen molar-refractivity contribution in [2.24, 2.45) is 0 Å². The quantitative estimate of drug-likeness (QED) is 0.354. The van der Waals surface area contributed by atoms with Crippen molar-refractivity contribution in [3.63, 3.8) is 0 Å². The van der Waals surface area contributed by atoms with Gasteiger partial charge < -0.3 is 24.3 Å². The number of thioether (sulfide) groups is 1. The van der Waals surface area contributed by atoms with Crippen LogP contribution in [-0.4, -0.2) is 66.4 Å². The summed E-state index contributed by atoms with van der Waals surface area (Å²) in [6.45, 7) is 5.33. The molecule has 2 amide bonds. The standard InChI is InChI=1S/C30H33N3O7S/c1-30(2,3)40-29(36)33-22(17-41-28(33)19-10-8-12-31-16-19)27(35)32-21-11-7-9-18(13-21)25(34)20-14-23(37-4)26(39-6)24(15-20)38-5/h7-16,22,28H,17H2,1-6H3,(H,32,35)/t22-,28?/m0/s1. The fourth-order valence-corrected chi connectivity index (χ4v) is 5.77. The van der Waals surface area contributed by atoms with E-state index >= 15 is 0 Å². The molecule has 1 unspecified atom stereocenters.